The summed E-state index contributed by atoms with van der Waals surface area (Å²) in [5.74, 6) is 0.308. The molecule has 2 unspecified atom stereocenters. The number of aliphatic imine (C=N–C) groups is 1. The first-order valence-corrected chi connectivity index (χ1v) is 7.26. The van der Waals surface area contributed by atoms with Gasteiger partial charge in [-0.1, -0.05) is 50.1 Å². The highest BCUT2D eigenvalue weighted by Gasteiger charge is 2.11. The van der Waals surface area contributed by atoms with Crippen molar-refractivity contribution in [3.63, 3.8) is 0 Å². The highest BCUT2D eigenvalue weighted by Crippen LogP contribution is 2.16. The summed E-state index contributed by atoms with van der Waals surface area (Å²) in [6.07, 6.45) is 6.56. The van der Waals surface area contributed by atoms with Crippen molar-refractivity contribution >= 4 is 31.0 Å². The van der Waals surface area contributed by atoms with Gasteiger partial charge in [-0.25, -0.2) is 0 Å². The molecule has 0 radical (unpaired) electrons. The van der Waals surface area contributed by atoms with Gasteiger partial charge >= 0.3 is 0 Å². The minimum atomic E-state index is -0.00792. The fraction of sp³-hybridized carbons (Fsp3) is 0.562. The van der Waals surface area contributed by atoms with Crippen LogP contribution in [0.2, 0.25) is 0 Å². The maximum atomic E-state index is 6.15. The number of rotatable bonds is 9. The van der Waals surface area contributed by atoms with Gasteiger partial charge in [-0.05, 0) is 24.9 Å². The molecule has 0 amide bonds. The van der Waals surface area contributed by atoms with E-state index < -0.39 is 0 Å². The molecule has 0 aliphatic heterocycles. The van der Waals surface area contributed by atoms with Gasteiger partial charge in [-0.15, -0.1) is 24.8 Å². The number of nitrogens with two attached hydrogens (primary N) is 2. The van der Waals surface area contributed by atoms with Crippen molar-refractivity contribution < 1.29 is 0 Å². The fourth-order valence-corrected chi connectivity index (χ4v) is 2.01. The van der Waals surface area contributed by atoms with Gasteiger partial charge < -0.3 is 11.5 Å². The van der Waals surface area contributed by atoms with E-state index in [0.717, 1.165) is 25.9 Å². The molecule has 1 aromatic rings. The van der Waals surface area contributed by atoms with Crippen LogP contribution in [0.5, 0.6) is 0 Å². The van der Waals surface area contributed by atoms with Crippen molar-refractivity contribution in [2.24, 2.45) is 16.5 Å². The van der Waals surface area contributed by atoms with Gasteiger partial charge in [0, 0.05) is 24.7 Å². The molecule has 1 rings (SSSR count). The minimum Gasteiger partial charge on any atom is -0.330 e. The number of hydrogen-bond acceptors (Lipinski definition) is 3. The highest BCUT2D eigenvalue weighted by molar-refractivity contribution is 5.85. The summed E-state index contributed by atoms with van der Waals surface area (Å²) in [4.78, 5) is 4.43. The minimum absolute atomic E-state index is 0. The lowest BCUT2D eigenvalue weighted by Crippen LogP contribution is -2.28. The number of hydrogen-bond donors (Lipinski definition) is 2. The van der Waals surface area contributed by atoms with Crippen LogP contribution in [-0.4, -0.2) is 25.3 Å². The van der Waals surface area contributed by atoms with Crippen molar-refractivity contribution in [1.29, 1.82) is 0 Å². The van der Waals surface area contributed by atoms with E-state index in [0.29, 0.717) is 5.92 Å². The molecule has 1 aromatic carbocycles. The number of benzene rings is 1. The molecule has 0 aliphatic rings. The molecule has 122 valence electrons. The van der Waals surface area contributed by atoms with Crippen LogP contribution in [0.3, 0.4) is 0 Å². The van der Waals surface area contributed by atoms with Gasteiger partial charge in [0.15, 0.2) is 0 Å². The number of nitrogens with zero attached hydrogens (tertiary/aromatic N) is 1. The van der Waals surface area contributed by atoms with Gasteiger partial charge in [0.1, 0.15) is 0 Å². The summed E-state index contributed by atoms with van der Waals surface area (Å²) in [5.41, 5.74) is 12.9. The molecule has 0 spiro atoms. The van der Waals surface area contributed by atoms with E-state index in [-0.39, 0.29) is 30.9 Å². The molecule has 5 heteroatoms. The Kier molecular flexibility index (Phi) is 15.5. The quantitative estimate of drug-likeness (QED) is 0.536. The maximum Gasteiger partial charge on any atom is 0.0462 e. The summed E-state index contributed by atoms with van der Waals surface area (Å²) >= 11 is 0. The van der Waals surface area contributed by atoms with Crippen LogP contribution in [-0.2, 0) is 0 Å². The summed E-state index contributed by atoms with van der Waals surface area (Å²) < 4.78 is 0. The average molecular weight is 334 g/mol. The lowest BCUT2D eigenvalue weighted by molar-refractivity contribution is 0.650. The third-order valence-corrected chi connectivity index (χ3v) is 3.42. The molecule has 3 nitrogen and oxygen atoms in total. The first-order valence-electron chi connectivity index (χ1n) is 7.26. The normalized spacial score (nSPS) is 13.3. The fourth-order valence-electron chi connectivity index (χ4n) is 2.01. The summed E-state index contributed by atoms with van der Waals surface area (Å²) in [6, 6.07) is 10.3. The number of halogens is 2. The smallest absolute Gasteiger partial charge is 0.0462 e. The topological polar surface area (TPSA) is 64.4 Å². The third kappa shape index (κ3) is 9.86. The third-order valence-electron chi connectivity index (χ3n) is 3.42. The van der Waals surface area contributed by atoms with Crippen LogP contribution in [0.1, 0.15) is 44.1 Å². The second-order valence-electron chi connectivity index (χ2n) is 5.03. The van der Waals surface area contributed by atoms with Gasteiger partial charge in [-0.2, -0.15) is 0 Å². The van der Waals surface area contributed by atoms with Crippen molar-refractivity contribution in [2.45, 2.75) is 44.6 Å². The molecule has 0 fully saturated rings. The Labute approximate surface area is 141 Å². The number of unbranched alkanes of at least 4 members (excludes halogenated alkanes) is 3. The van der Waals surface area contributed by atoms with Gasteiger partial charge in [0.2, 0.25) is 0 Å². The van der Waals surface area contributed by atoms with Crippen molar-refractivity contribution in [3.8, 4) is 0 Å². The average Bonchev–Trinajstić information content (AvgIpc) is 2.46. The molecule has 2 atom stereocenters. The molecular weight excluding hydrogens is 305 g/mol. The van der Waals surface area contributed by atoms with Crippen LogP contribution >= 0.6 is 24.8 Å². The van der Waals surface area contributed by atoms with Crippen LogP contribution in [0.15, 0.2) is 35.3 Å². The van der Waals surface area contributed by atoms with Crippen molar-refractivity contribution in [1.82, 2.24) is 0 Å². The molecule has 0 saturated carbocycles. The molecule has 0 heterocycles. The van der Waals surface area contributed by atoms with E-state index in [2.05, 4.69) is 24.0 Å². The first-order chi connectivity index (χ1) is 9.25. The zero-order valence-electron chi connectivity index (χ0n) is 12.8. The van der Waals surface area contributed by atoms with Crippen LogP contribution in [0, 0.1) is 0 Å². The Morgan fingerprint density at radius 1 is 1.05 bits per heavy atom. The van der Waals surface area contributed by atoms with E-state index in [4.69, 9.17) is 11.5 Å². The highest BCUT2D eigenvalue weighted by atomic mass is 35.5. The van der Waals surface area contributed by atoms with E-state index in [9.17, 15) is 0 Å². The lowest BCUT2D eigenvalue weighted by Gasteiger charge is -2.16. The Morgan fingerprint density at radius 2 is 1.67 bits per heavy atom. The maximum absolute atomic E-state index is 6.15. The SMILES string of the molecule is CC(c1ccccc1)C(N)C=NCCCCCCN.Cl.Cl. The van der Waals surface area contributed by atoms with Crippen molar-refractivity contribution in [2.75, 3.05) is 13.1 Å². The Balaban J connectivity index is 0. The summed E-state index contributed by atoms with van der Waals surface area (Å²) in [7, 11) is 0. The predicted molar refractivity (Wildman–Crippen MR) is 98.2 cm³/mol. The molecule has 0 bridgehead atoms. The standard InChI is InChI=1S/C16H27N3.2ClH/c1-14(15-9-5-4-6-10-15)16(18)13-19-12-8-3-2-7-11-17;;/h4-6,9-10,13-14,16H,2-3,7-8,11-12,17-18H2,1H3;2*1H. The Hall–Kier alpha value is -0.610. The largest absolute Gasteiger partial charge is 0.330 e. The van der Waals surface area contributed by atoms with Crippen LogP contribution < -0.4 is 11.5 Å². The first kappa shape index (κ1) is 22.7. The van der Waals surface area contributed by atoms with E-state index in [1.165, 1.54) is 18.4 Å². The molecule has 0 aliphatic carbocycles. The van der Waals surface area contributed by atoms with E-state index in [1.807, 2.05) is 24.4 Å². The summed E-state index contributed by atoms with van der Waals surface area (Å²) in [5, 5.41) is 0. The Bertz CT molecular complexity index is 358. The van der Waals surface area contributed by atoms with Crippen molar-refractivity contribution in [3.05, 3.63) is 35.9 Å². The zero-order valence-corrected chi connectivity index (χ0v) is 14.4. The van der Waals surface area contributed by atoms with Crippen LogP contribution in [0.4, 0.5) is 0 Å². The Morgan fingerprint density at radius 3 is 2.29 bits per heavy atom. The van der Waals surface area contributed by atoms with Gasteiger partial charge in [0.05, 0.1) is 0 Å². The molecule has 21 heavy (non-hydrogen) atoms. The van der Waals surface area contributed by atoms with E-state index >= 15 is 0 Å². The van der Waals surface area contributed by atoms with Crippen LogP contribution in [0.25, 0.3) is 0 Å². The lowest BCUT2D eigenvalue weighted by atomic mass is 9.95. The second-order valence-corrected chi connectivity index (χ2v) is 5.03. The molecule has 0 saturated heterocycles. The monoisotopic (exact) mass is 333 g/mol. The van der Waals surface area contributed by atoms with Gasteiger partial charge in [-0.3, -0.25) is 4.99 Å². The van der Waals surface area contributed by atoms with Gasteiger partial charge in [0.25, 0.3) is 0 Å². The zero-order chi connectivity index (χ0) is 13.9. The molecular formula is C16H29Cl2N3. The molecule has 0 aromatic heterocycles. The van der Waals surface area contributed by atoms with E-state index in [1.54, 1.807) is 0 Å². The molecule has 4 N–H and O–H groups in total. The second kappa shape index (κ2) is 14.3. The predicted octanol–water partition coefficient (Wildman–Crippen LogP) is 3.55. The summed E-state index contributed by atoms with van der Waals surface area (Å²) in [6.45, 7) is 3.82.